The maximum Gasteiger partial charge on any atom is 0.165 e. The third-order valence-electron chi connectivity index (χ3n) is 5.46. The SMILES string of the molecule is COc1cccc(CN2CCCn3cccc3C2c2cc(F)ccc2F)c1OC. The molecule has 0 amide bonds. The first-order chi connectivity index (χ1) is 14.1. The number of methoxy groups -OCH3 is 2. The Labute approximate surface area is 169 Å². The Morgan fingerprint density at radius 3 is 2.66 bits per heavy atom. The summed E-state index contributed by atoms with van der Waals surface area (Å²) in [5.41, 5.74) is 2.23. The van der Waals surface area contributed by atoms with Gasteiger partial charge in [-0.05, 0) is 42.8 Å². The summed E-state index contributed by atoms with van der Waals surface area (Å²) in [6.07, 6.45) is 2.90. The monoisotopic (exact) mass is 398 g/mol. The topological polar surface area (TPSA) is 26.6 Å². The van der Waals surface area contributed by atoms with Gasteiger partial charge in [-0.25, -0.2) is 8.78 Å². The molecule has 0 fully saturated rings. The van der Waals surface area contributed by atoms with Gasteiger partial charge >= 0.3 is 0 Å². The second kappa shape index (κ2) is 8.25. The van der Waals surface area contributed by atoms with E-state index in [1.54, 1.807) is 14.2 Å². The van der Waals surface area contributed by atoms with Crippen LogP contribution in [0.25, 0.3) is 0 Å². The summed E-state index contributed by atoms with van der Waals surface area (Å²) >= 11 is 0. The van der Waals surface area contributed by atoms with Crippen LogP contribution in [0.1, 0.15) is 29.3 Å². The van der Waals surface area contributed by atoms with Crippen LogP contribution >= 0.6 is 0 Å². The van der Waals surface area contributed by atoms with E-state index in [4.69, 9.17) is 9.47 Å². The molecule has 1 aliphatic rings. The van der Waals surface area contributed by atoms with Crippen molar-refractivity contribution in [2.75, 3.05) is 20.8 Å². The highest BCUT2D eigenvalue weighted by Crippen LogP contribution is 2.37. The molecule has 2 aromatic carbocycles. The zero-order chi connectivity index (χ0) is 20.4. The second-order valence-corrected chi connectivity index (χ2v) is 7.17. The number of rotatable bonds is 5. The molecule has 2 heterocycles. The number of benzene rings is 2. The Kier molecular flexibility index (Phi) is 5.53. The molecule has 29 heavy (non-hydrogen) atoms. The summed E-state index contributed by atoms with van der Waals surface area (Å²) in [7, 11) is 3.21. The zero-order valence-corrected chi connectivity index (χ0v) is 16.6. The van der Waals surface area contributed by atoms with E-state index in [2.05, 4.69) is 9.47 Å². The zero-order valence-electron chi connectivity index (χ0n) is 16.6. The van der Waals surface area contributed by atoms with Crippen molar-refractivity contribution in [3.05, 3.63) is 83.2 Å². The van der Waals surface area contributed by atoms with Crippen LogP contribution in [0, 0.1) is 11.6 Å². The van der Waals surface area contributed by atoms with Gasteiger partial charge in [0.1, 0.15) is 11.6 Å². The average molecular weight is 398 g/mol. The number of hydrogen-bond donors (Lipinski definition) is 0. The van der Waals surface area contributed by atoms with Crippen molar-refractivity contribution in [1.82, 2.24) is 9.47 Å². The van der Waals surface area contributed by atoms with Gasteiger partial charge in [0.15, 0.2) is 11.5 Å². The normalized spacial score (nSPS) is 16.9. The Morgan fingerprint density at radius 2 is 1.86 bits per heavy atom. The molecule has 1 aliphatic heterocycles. The van der Waals surface area contributed by atoms with Gasteiger partial charge in [-0.15, -0.1) is 0 Å². The molecule has 0 bridgehead atoms. The molecule has 4 rings (SSSR count). The smallest absolute Gasteiger partial charge is 0.165 e. The van der Waals surface area contributed by atoms with Crippen molar-refractivity contribution in [3.63, 3.8) is 0 Å². The minimum atomic E-state index is -0.442. The summed E-state index contributed by atoms with van der Waals surface area (Å²) in [4.78, 5) is 2.17. The third-order valence-corrected chi connectivity index (χ3v) is 5.46. The lowest BCUT2D eigenvalue weighted by Gasteiger charge is -2.31. The fraction of sp³-hybridized carbons (Fsp3) is 0.304. The molecule has 0 radical (unpaired) electrons. The standard InChI is InChI=1S/C23H24F2N2O2/c1-28-21-8-3-6-16(23(21)29-2)15-27-13-5-12-26-11-4-7-20(26)22(27)18-14-17(24)9-10-19(18)25/h3-4,6-11,14,22H,5,12-13,15H2,1-2H3. The Bertz CT molecular complexity index is 1000. The number of halogens is 2. The van der Waals surface area contributed by atoms with E-state index in [1.807, 2.05) is 36.5 Å². The summed E-state index contributed by atoms with van der Waals surface area (Å²) in [6, 6.07) is 12.9. The third kappa shape index (κ3) is 3.72. The number of fused-ring (bicyclic) bond motifs is 1. The molecular formula is C23H24F2N2O2. The first kappa shape index (κ1) is 19.5. The summed E-state index contributed by atoms with van der Waals surface area (Å²) in [5, 5.41) is 0. The Morgan fingerprint density at radius 1 is 1.00 bits per heavy atom. The van der Waals surface area contributed by atoms with Crippen LogP contribution in [0.2, 0.25) is 0 Å². The molecule has 1 unspecified atom stereocenters. The van der Waals surface area contributed by atoms with E-state index in [0.29, 0.717) is 23.6 Å². The quantitative estimate of drug-likeness (QED) is 0.619. The van der Waals surface area contributed by atoms with Crippen molar-refractivity contribution < 1.29 is 18.3 Å². The molecule has 0 aliphatic carbocycles. The molecular weight excluding hydrogens is 374 g/mol. The Balaban J connectivity index is 1.80. The van der Waals surface area contributed by atoms with Crippen molar-refractivity contribution in [3.8, 4) is 11.5 Å². The van der Waals surface area contributed by atoms with Crippen molar-refractivity contribution in [1.29, 1.82) is 0 Å². The van der Waals surface area contributed by atoms with Crippen LogP contribution in [0.15, 0.2) is 54.7 Å². The highest BCUT2D eigenvalue weighted by atomic mass is 19.1. The number of ether oxygens (including phenoxy) is 2. The van der Waals surface area contributed by atoms with Crippen LogP contribution in [-0.4, -0.2) is 30.2 Å². The predicted octanol–water partition coefficient (Wildman–Crippen LogP) is 4.78. The fourth-order valence-corrected chi connectivity index (χ4v) is 4.19. The maximum absolute atomic E-state index is 14.8. The first-order valence-electron chi connectivity index (χ1n) is 9.66. The lowest BCUT2D eigenvalue weighted by molar-refractivity contribution is 0.212. The molecule has 0 saturated heterocycles. The number of para-hydroxylation sites is 1. The van der Waals surface area contributed by atoms with Gasteiger partial charge in [-0.1, -0.05) is 12.1 Å². The molecule has 0 saturated carbocycles. The molecule has 1 atom stereocenters. The summed E-state index contributed by atoms with van der Waals surface area (Å²) < 4.78 is 42.0. The molecule has 3 aromatic rings. The van der Waals surface area contributed by atoms with Gasteiger partial charge in [0.25, 0.3) is 0 Å². The number of aromatic nitrogens is 1. The van der Waals surface area contributed by atoms with Crippen molar-refractivity contribution in [2.45, 2.75) is 25.6 Å². The van der Waals surface area contributed by atoms with E-state index in [1.165, 1.54) is 12.1 Å². The van der Waals surface area contributed by atoms with Gasteiger partial charge in [0, 0.05) is 42.7 Å². The number of hydrogen-bond acceptors (Lipinski definition) is 3. The van der Waals surface area contributed by atoms with Gasteiger partial charge in [-0.2, -0.15) is 0 Å². The largest absolute Gasteiger partial charge is 0.493 e. The van der Waals surface area contributed by atoms with Gasteiger partial charge in [0.05, 0.1) is 20.3 Å². The van der Waals surface area contributed by atoms with Gasteiger partial charge < -0.3 is 14.0 Å². The lowest BCUT2D eigenvalue weighted by Crippen LogP contribution is -2.30. The maximum atomic E-state index is 14.8. The van der Waals surface area contributed by atoms with E-state index in [-0.39, 0.29) is 0 Å². The second-order valence-electron chi connectivity index (χ2n) is 7.17. The van der Waals surface area contributed by atoms with Crippen molar-refractivity contribution in [2.24, 2.45) is 0 Å². The summed E-state index contributed by atoms with van der Waals surface area (Å²) in [5.74, 6) is 0.459. The molecule has 0 spiro atoms. The van der Waals surface area contributed by atoms with Crippen LogP contribution in [0.4, 0.5) is 8.78 Å². The molecule has 1 aromatic heterocycles. The van der Waals surface area contributed by atoms with Crippen LogP contribution in [0.5, 0.6) is 11.5 Å². The van der Waals surface area contributed by atoms with E-state index in [9.17, 15) is 8.78 Å². The van der Waals surface area contributed by atoms with E-state index >= 15 is 0 Å². The van der Waals surface area contributed by atoms with Gasteiger partial charge in [-0.3, -0.25) is 4.90 Å². The minimum absolute atomic E-state index is 0.341. The average Bonchev–Trinajstić information content (AvgIpc) is 3.11. The number of aryl methyl sites for hydroxylation is 1. The van der Waals surface area contributed by atoms with E-state index < -0.39 is 17.7 Å². The van der Waals surface area contributed by atoms with Gasteiger partial charge in [0.2, 0.25) is 0 Å². The highest BCUT2D eigenvalue weighted by molar-refractivity contribution is 5.46. The van der Waals surface area contributed by atoms with Crippen LogP contribution < -0.4 is 9.47 Å². The minimum Gasteiger partial charge on any atom is -0.493 e. The Hall–Kier alpha value is -2.86. The molecule has 152 valence electrons. The van der Waals surface area contributed by atoms with Crippen LogP contribution in [0.3, 0.4) is 0 Å². The van der Waals surface area contributed by atoms with Crippen molar-refractivity contribution >= 4 is 0 Å². The van der Waals surface area contributed by atoms with E-state index in [0.717, 1.165) is 36.8 Å². The fourth-order valence-electron chi connectivity index (χ4n) is 4.19. The number of nitrogens with zero attached hydrogens (tertiary/aromatic N) is 2. The molecule has 6 heteroatoms. The first-order valence-corrected chi connectivity index (χ1v) is 9.66. The predicted molar refractivity (Wildman–Crippen MR) is 107 cm³/mol. The molecule has 4 nitrogen and oxygen atoms in total. The summed E-state index contributed by atoms with van der Waals surface area (Å²) in [6.45, 7) is 2.09. The highest BCUT2D eigenvalue weighted by Gasteiger charge is 2.30. The van der Waals surface area contributed by atoms with Crippen LogP contribution in [-0.2, 0) is 13.1 Å². The lowest BCUT2D eigenvalue weighted by atomic mass is 10.00. The molecule has 0 N–H and O–H groups in total.